The predicted octanol–water partition coefficient (Wildman–Crippen LogP) is 3.55. The Morgan fingerprint density at radius 1 is 1.21 bits per heavy atom. The Kier molecular flexibility index (Phi) is 4.25. The molecule has 0 amide bonds. The number of nitrogens with one attached hydrogen (secondary N) is 1. The summed E-state index contributed by atoms with van der Waals surface area (Å²) in [4.78, 5) is 3.20. The van der Waals surface area contributed by atoms with Crippen molar-refractivity contribution in [2.24, 2.45) is 5.73 Å². The minimum Gasteiger partial charge on any atom is -0.328 e. The Hall–Kier alpha value is -0.380. The van der Waals surface area contributed by atoms with Crippen LogP contribution in [-0.4, -0.2) is 12.1 Å². The lowest BCUT2D eigenvalue weighted by atomic mass is 9.91. The first-order chi connectivity index (χ1) is 9.22. The number of hydrogen-bond donors (Lipinski definition) is 2. The quantitative estimate of drug-likeness (QED) is 0.887. The monoisotopic (exact) mass is 278 g/mol. The van der Waals surface area contributed by atoms with Gasteiger partial charge in [0.05, 0.1) is 0 Å². The van der Waals surface area contributed by atoms with Gasteiger partial charge in [-0.05, 0) is 69.9 Å². The number of aryl methyl sites for hydroxylation is 2. The van der Waals surface area contributed by atoms with Gasteiger partial charge in [-0.2, -0.15) is 0 Å². The Morgan fingerprint density at radius 3 is 2.68 bits per heavy atom. The number of hydrogen-bond acceptors (Lipinski definition) is 3. The van der Waals surface area contributed by atoms with E-state index in [0.29, 0.717) is 18.1 Å². The maximum absolute atomic E-state index is 5.98. The molecular weight excluding hydrogens is 252 g/mol. The molecule has 3 N–H and O–H groups in total. The van der Waals surface area contributed by atoms with Crippen LogP contribution in [-0.2, 0) is 12.8 Å². The van der Waals surface area contributed by atoms with E-state index in [0.717, 1.165) is 0 Å². The maximum Gasteiger partial charge on any atom is 0.0388 e. The average molecular weight is 278 g/mol. The third kappa shape index (κ3) is 3.21. The molecule has 1 aromatic heterocycles. The molecule has 2 aliphatic carbocycles. The van der Waals surface area contributed by atoms with E-state index in [-0.39, 0.29) is 0 Å². The fraction of sp³-hybridized carbons (Fsp3) is 0.750. The summed E-state index contributed by atoms with van der Waals surface area (Å²) in [5.41, 5.74) is 7.61. The Labute approximate surface area is 120 Å². The highest BCUT2D eigenvalue weighted by atomic mass is 32.1. The molecule has 3 rings (SSSR count). The van der Waals surface area contributed by atoms with E-state index >= 15 is 0 Å². The topological polar surface area (TPSA) is 38.0 Å². The molecule has 1 unspecified atom stereocenters. The zero-order chi connectivity index (χ0) is 13.2. The molecule has 2 aliphatic rings. The summed E-state index contributed by atoms with van der Waals surface area (Å²) >= 11 is 2.05. The lowest BCUT2D eigenvalue weighted by Gasteiger charge is -2.29. The van der Waals surface area contributed by atoms with Crippen molar-refractivity contribution in [3.63, 3.8) is 0 Å². The summed E-state index contributed by atoms with van der Waals surface area (Å²) in [5, 5.41) is 3.82. The minimum absolute atomic E-state index is 0.447. The van der Waals surface area contributed by atoms with Crippen LogP contribution < -0.4 is 11.1 Å². The van der Waals surface area contributed by atoms with Gasteiger partial charge in [-0.1, -0.05) is 0 Å². The molecule has 1 fully saturated rings. The molecule has 2 nitrogen and oxygen atoms in total. The van der Waals surface area contributed by atoms with E-state index in [1.807, 2.05) is 11.3 Å². The molecule has 1 atom stereocenters. The third-order valence-electron chi connectivity index (χ3n) is 4.70. The van der Waals surface area contributed by atoms with Gasteiger partial charge < -0.3 is 11.1 Å². The zero-order valence-corrected chi connectivity index (χ0v) is 12.8. The molecule has 106 valence electrons. The Morgan fingerprint density at radius 2 is 1.95 bits per heavy atom. The standard InChI is InChI=1S/C16H26N2S/c1-11(18-14-8-6-13(17)7-9-14)16-10-12-4-2-3-5-15(12)19-16/h10-11,13-14,18H,2-9,17H2,1H3. The van der Waals surface area contributed by atoms with Crippen LogP contribution in [0, 0.1) is 0 Å². The summed E-state index contributed by atoms with van der Waals surface area (Å²) in [6.07, 6.45) is 10.2. The van der Waals surface area contributed by atoms with Gasteiger partial charge in [-0.15, -0.1) is 11.3 Å². The van der Waals surface area contributed by atoms with Crippen LogP contribution in [0.4, 0.5) is 0 Å². The van der Waals surface area contributed by atoms with Crippen molar-refractivity contribution in [3.05, 3.63) is 21.4 Å². The van der Waals surface area contributed by atoms with E-state index < -0.39 is 0 Å². The maximum atomic E-state index is 5.98. The largest absolute Gasteiger partial charge is 0.328 e. The first kappa shape index (κ1) is 13.6. The first-order valence-electron chi connectivity index (χ1n) is 7.85. The Balaban J connectivity index is 1.60. The van der Waals surface area contributed by atoms with E-state index in [4.69, 9.17) is 5.73 Å². The number of rotatable bonds is 3. The van der Waals surface area contributed by atoms with Gasteiger partial charge in [-0.3, -0.25) is 0 Å². The van der Waals surface area contributed by atoms with Crippen molar-refractivity contribution in [3.8, 4) is 0 Å². The van der Waals surface area contributed by atoms with Crippen LogP contribution in [0.3, 0.4) is 0 Å². The highest BCUT2D eigenvalue weighted by Gasteiger charge is 2.22. The van der Waals surface area contributed by atoms with E-state index in [1.165, 1.54) is 51.4 Å². The molecule has 0 radical (unpaired) electrons. The molecule has 1 aromatic rings. The normalized spacial score (nSPS) is 28.9. The molecule has 3 heteroatoms. The van der Waals surface area contributed by atoms with E-state index in [9.17, 15) is 0 Å². The molecule has 0 bridgehead atoms. The number of nitrogens with two attached hydrogens (primary N) is 1. The lowest BCUT2D eigenvalue weighted by molar-refractivity contribution is 0.323. The predicted molar refractivity (Wildman–Crippen MR) is 82.7 cm³/mol. The number of fused-ring (bicyclic) bond motifs is 1. The van der Waals surface area contributed by atoms with Crippen molar-refractivity contribution >= 4 is 11.3 Å². The van der Waals surface area contributed by atoms with Crippen LogP contribution in [0.1, 0.15) is 66.8 Å². The summed E-state index contributed by atoms with van der Waals surface area (Å²) in [5.74, 6) is 0. The van der Waals surface area contributed by atoms with Crippen molar-refractivity contribution in [2.75, 3.05) is 0 Å². The summed E-state index contributed by atoms with van der Waals surface area (Å²) in [6.45, 7) is 2.33. The van der Waals surface area contributed by atoms with E-state index in [1.54, 1.807) is 15.3 Å². The minimum atomic E-state index is 0.447. The van der Waals surface area contributed by atoms with E-state index in [2.05, 4.69) is 18.3 Å². The van der Waals surface area contributed by atoms with Crippen LogP contribution >= 0.6 is 11.3 Å². The van der Waals surface area contributed by atoms with Crippen molar-refractivity contribution in [1.82, 2.24) is 5.32 Å². The van der Waals surface area contributed by atoms with Crippen molar-refractivity contribution < 1.29 is 0 Å². The molecule has 0 spiro atoms. The SMILES string of the molecule is CC(NC1CCC(N)CC1)c1cc2c(s1)CCCC2. The Bertz CT molecular complexity index is 395. The lowest BCUT2D eigenvalue weighted by Crippen LogP contribution is -2.38. The van der Waals surface area contributed by atoms with Gasteiger partial charge in [0.15, 0.2) is 0 Å². The molecule has 1 heterocycles. The van der Waals surface area contributed by atoms with Gasteiger partial charge in [0.1, 0.15) is 0 Å². The third-order valence-corrected chi connectivity index (χ3v) is 6.12. The molecule has 0 saturated heterocycles. The van der Waals surface area contributed by atoms with Gasteiger partial charge >= 0.3 is 0 Å². The van der Waals surface area contributed by atoms with Crippen molar-refractivity contribution in [2.45, 2.75) is 76.4 Å². The van der Waals surface area contributed by atoms with Gasteiger partial charge in [0.2, 0.25) is 0 Å². The fourth-order valence-corrected chi connectivity index (χ4v) is 4.72. The van der Waals surface area contributed by atoms with Crippen LogP contribution in [0.25, 0.3) is 0 Å². The number of thiophene rings is 1. The highest BCUT2D eigenvalue weighted by molar-refractivity contribution is 7.12. The van der Waals surface area contributed by atoms with Crippen LogP contribution in [0.15, 0.2) is 6.07 Å². The molecule has 1 saturated carbocycles. The van der Waals surface area contributed by atoms with Crippen LogP contribution in [0.2, 0.25) is 0 Å². The van der Waals surface area contributed by atoms with Crippen molar-refractivity contribution in [1.29, 1.82) is 0 Å². The highest BCUT2D eigenvalue weighted by Crippen LogP contribution is 2.33. The second kappa shape index (κ2) is 5.94. The second-order valence-electron chi connectivity index (χ2n) is 6.30. The smallest absolute Gasteiger partial charge is 0.0388 e. The molecular formula is C16H26N2S. The van der Waals surface area contributed by atoms with Gasteiger partial charge in [0.25, 0.3) is 0 Å². The average Bonchev–Trinajstić information content (AvgIpc) is 2.85. The van der Waals surface area contributed by atoms with Gasteiger partial charge in [-0.25, -0.2) is 0 Å². The molecule has 19 heavy (non-hydrogen) atoms. The summed E-state index contributed by atoms with van der Waals surface area (Å²) in [7, 11) is 0. The summed E-state index contributed by atoms with van der Waals surface area (Å²) in [6, 6.07) is 4.09. The fourth-order valence-electron chi connectivity index (χ4n) is 3.45. The van der Waals surface area contributed by atoms with Gasteiger partial charge in [0, 0.05) is 27.9 Å². The zero-order valence-electron chi connectivity index (χ0n) is 12.0. The molecule has 0 aromatic carbocycles. The molecule has 0 aliphatic heterocycles. The first-order valence-corrected chi connectivity index (χ1v) is 8.67. The van der Waals surface area contributed by atoms with Crippen LogP contribution in [0.5, 0.6) is 0 Å². The summed E-state index contributed by atoms with van der Waals surface area (Å²) < 4.78 is 0. The second-order valence-corrected chi connectivity index (χ2v) is 7.47.